The van der Waals surface area contributed by atoms with Gasteiger partial charge < -0.3 is 5.32 Å². The number of fused-ring (bicyclic) bond motifs is 1. The normalized spacial score (nSPS) is 14.8. The summed E-state index contributed by atoms with van der Waals surface area (Å²) in [5.74, 6) is -0.116. The molecule has 0 bridgehead atoms. The van der Waals surface area contributed by atoms with Crippen LogP contribution in [0.5, 0.6) is 0 Å². The van der Waals surface area contributed by atoms with Crippen molar-refractivity contribution in [3.63, 3.8) is 0 Å². The van der Waals surface area contributed by atoms with E-state index in [2.05, 4.69) is 15.4 Å². The second-order valence-electron chi connectivity index (χ2n) is 8.84. The monoisotopic (exact) mass is 602 g/mol. The summed E-state index contributed by atoms with van der Waals surface area (Å²) < 4.78 is 42.0. The van der Waals surface area contributed by atoms with Crippen molar-refractivity contribution in [3.05, 3.63) is 97.7 Å². The van der Waals surface area contributed by atoms with Crippen molar-refractivity contribution in [1.82, 2.24) is 19.7 Å². The summed E-state index contributed by atoms with van der Waals surface area (Å²) in [5, 5.41) is 18.1. The predicted octanol–water partition coefficient (Wildman–Crippen LogP) is 6.21. The van der Waals surface area contributed by atoms with Gasteiger partial charge in [0, 0.05) is 29.6 Å². The molecular weight excluding hydrogens is 585 g/mol. The third kappa shape index (κ3) is 6.18. The number of imide groups is 1. The van der Waals surface area contributed by atoms with E-state index in [-0.39, 0.29) is 40.8 Å². The van der Waals surface area contributed by atoms with Crippen LogP contribution in [0, 0.1) is 10.1 Å². The van der Waals surface area contributed by atoms with Crippen LogP contribution < -0.4 is 5.32 Å². The van der Waals surface area contributed by atoms with Crippen LogP contribution in [-0.2, 0) is 17.5 Å². The number of nitro groups is 1. The lowest BCUT2D eigenvalue weighted by atomic mass is 10.1. The Bertz CT molecular complexity index is 1710. The molecule has 0 spiro atoms. The molecule has 210 valence electrons. The van der Waals surface area contributed by atoms with Crippen molar-refractivity contribution >= 4 is 63.0 Å². The maximum absolute atomic E-state index is 13.5. The van der Waals surface area contributed by atoms with E-state index >= 15 is 0 Å². The summed E-state index contributed by atoms with van der Waals surface area (Å²) >= 11 is 6.56. The van der Waals surface area contributed by atoms with Gasteiger partial charge in [0.25, 0.3) is 16.8 Å². The fraction of sp³-hybridized carbons (Fsp3) is 0.154. The minimum Gasteiger partial charge on any atom is -0.368 e. The van der Waals surface area contributed by atoms with E-state index in [1.807, 2.05) is 0 Å². The number of hydrogen-bond acceptors (Lipinski definition) is 8. The number of aromatic nitrogens is 3. The van der Waals surface area contributed by atoms with E-state index in [9.17, 15) is 32.9 Å². The molecule has 15 heteroatoms. The van der Waals surface area contributed by atoms with Crippen LogP contribution in [0.25, 0.3) is 17.0 Å². The number of pyridine rings is 1. The Morgan fingerprint density at radius 2 is 1.90 bits per heavy atom. The molecule has 3 heterocycles. The Kier molecular flexibility index (Phi) is 7.69. The molecule has 0 radical (unpaired) electrons. The third-order valence-corrected chi connectivity index (χ3v) is 7.28. The van der Waals surface area contributed by atoms with Crippen LogP contribution in [0.4, 0.5) is 29.5 Å². The maximum atomic E-state index is 13.5. The molecule has 41 heavy (non-hydrogen) atoms. The standard InChI is InChI=1S/C26H18ClF3N6O4S/c27-18-3-2-16(20(11-18)26(28,29)30)14-35-21-5-1-15(9-17(21)12-33-35)10-22-24(37)34(25(38)41-22)8-7-31-23-6-4-19(13-32-23)36(39)40/h1-6,9-13H,7-8,14H2,(H,31,32). The second-order valence-corrected chi connectivity index (χ2v) is 10.3. The van der Waals surface area contributed by atoms with Gasteiger partial charge in [0.05, 0.1) is 33.7 Å². The third-order valence-electron chi connectivity index (χ3n) is 6.13. The summed E-state index contributed by atoms with van der Waals surface area (Å²) in [4.78, 5) is 40.7. The first-order chi connectivity index (χ1) is 19.5. The van der Waals surface area contributed by atoms with E-state index in [0.29, 0.717) is 22.3 Å². The number of anilines is 1. The number of nitrogens with one attached hydrogen (secondary N) is 1. The topological polar surface area (TPSA) is 123 Å². The highest BCUT2D eigenvalue weighted by atomic mass is 35.5. The van der Waals surface area contributed by atoms with Crippen molar-refractivity contribution in [1.29, 1.82) is 0 Å². The number of thioether (sulfide) groups is 1. The molecule has 0 atom stereocenters. The highest BCUT2D eigenvalue weighted by Gasteiger charge is 2.35. The van der Waals surface area contributed by atoms with Crippen molar-refractivity contribution in [2.24, 2.45) is 0 Å². The molecule has 1 saturated heterocycles. The zero-order chi connectivity index (χ0) is 29.3. The molecule has 2 aromatic carbocycles. The van der Waals surface area contributed by atoms with Gasteiger partial charge in [-0.3, -0.25) is 29.3 Å². The fourth-order valence-electron chi connectivity index (χ4n) is 4.17. The van der Waals surface area contributed by atoms with Crippen LogP contribution in [0.2, 0.25) is 5.02 Å². The van der Waals surface area contributed by atoms with Crippen molar-refractivity contribution < 1.29 is 27.7 Å². The molecule has 2 amide bonds. The predicted molar refractivity (Wildman–Crippen MR) is 147 cm³/mol. The molecular formula is C26H18ClF3N6O4S. The van der Waals surface area contributed by atoms with Crippen LogP contribution in [0.3, 0.4) is 0 Å². The SMILES string of the molecule is O=C1SC(=Cc2ccc3c(cnn3Cc3ccc(Cl)cc3C(F)(F)F)c2)C(=O)N1CCNc1ccc([N+](=O)[O-])cn1. The van der Waals surface area contributed by atoms with Gasteiger partial charge in [-0.2, -0.15) is 18.3 Å². The molecule has 0 aliphatic carbocycles. The number of benzene rings is 2. The van der Waals surface area contributed by atoms with Gasteiger partial charge in [-0.25, -0.2) is 4.98 Å². The number of carbonyl (C=O) groups is 2. The Labute approximate surface area is 238 Å². The lowest BCUT2D eigenvalue weighted by molar-refractivity contribution is -0.385. The van der Waals surface area contributed by atoms with Crippen molar-refractivity contribution in [3.8, 4) is 0 Å². The molecule has 1 aliphatic heterocycles. The van der Waals surface area contributed by atoms with Gasteiger partial charge >= 0.3 is 6.18 Å². The Morgan fingerprint density at radius 1 is 1.10 bits per heavy atom. The number of hydrogen-bond donors (Lipinski definition) is 1. The summed E-state index contributed by atoms with van der Waals surface area (Å²) in [7, 11) is 0. The lowest BCUT2D eigenvalue weighted by Crippen LogP contribution is -2.32. The molecule has 2 aromatic heterocycles. The van der Waals surface area contributed by atoms with E-state index in [0.717, 1.165) is 28.9 Å². The van der Waals surface area contributed by atoms with E-state index in [4.69, 9.17) is 11.6 Å². The van der Waals surface area contributed by atoms with Gasteiger partial charge in [0.2, 0.25) is 0 Å². The number of amides is 2. The van der Waals surface area contributed by atoms with Gasteiger partial charge in [0.15, 0.2) is 0 Å². The van der Waals surface area contributed by atoms with Gasteiger partial charge in [-0.15, -0.1) is 0 Å². The average molecular weight is 603 g/mol. The largest absolute Gasteiger partial charge is 0.416 e. The molecule has 10 nitrogen and oxygen atoms in total. The molecule has 1 aliphatic rings. The van der Waals surface area contributed by atoms with E-state index in [1.54, 1.807) is 24.3 Å². The molecule has 0 saturated carbocycles. The van der Waals surface area contributed by atoms with Gasteiger partial charge in [-0.05, 0) is 59.3 Å². The summed E-state index contributed by atoms with van der Waals surface area (Å²) in [6, 6.07) is 11.4. The van der Waals surface area contributed by atoms with E-state index < -0.39 is 27.8 Å². The van der Waals surface area contributed by atoms with E-state index in [1.165, 1.54) is 35.1 Å². The maximum Gasteiger partial charge on any atom is 0.416 e. The first kappa shape index (κ1) is 28.1. The van der Waals surface area contributed by atoms with Gasteiger partial charge in [0.1, 0.15) is 12.0 Å². The molecule has 1 N–H and O–H groups in total. The molecule has 4 aromatic rings. The number of alkyl halides is 3. The smallest absolute Gasteiger partial charge is 0.368 e. The number of nitrogens with zero attached hydrogens (tertiary/aromatic N) is 5. The summed E-state index contributed by atoms with van der Waals surface area (Å²) in [5.41, 5.74) is 0.223. The minimum atomic E-state index is -4.57. The van der Waals surface area contributed by atoms with Crippen molar-refractivity contribution in [2.75, 3.05) is 18.4 Å². The first-order valence-corrected chi connectivity index (χ1v) is 13.1. The quantitative estimate of drug-likeness (QED) is 0.143. The number of carbonyl (C=O) groups excluding carboxylic acids is 2. The number of halogens is 4. The second kappa shape index (κ2) is 11.2. The van der Waals surface area contributed by atoms with Crippen LogP contribution in [0.1, 0.15) is 16.7 Å². The van der Waals surface area contributed by atoms with Crippen LogP contribution in [0.15, 0.2) is 65.8 Å². The van der Waals surface area contributed by atoms with Crippen LogP contribution >= 0.6 is 23.4 Å². The first-order valence-electron chi connectivity index (χ1n) is 11.9. The van der Waals surface area contributed by atoms with Crippen LogP contribution in [-0.4, -0.2) is 48.8 Å². The Hall–Kier alpha value is -4.43. The molecule has 0 unspecified atom stereocenters. The summed E-state index contributed by atoms with van der Waals surface area (Å²) in [6.45, 7) is 0.110. The zero-order valence-corrected chi connectivity index (χ0v) is 22.3. The zero-order valence-electron chi connectivity index (χ0n) is 20.8. The minimum absolute atomic E-state index is 0.0155. The highest BCUT2D eigenvalue weighted by molar-refractivity contribution is 8.18. The summed E-state index contributed by atoms with van der Waals surface area (Å²) in [6.07, 6.45) is -0.395. The Morgan fingerprint density at radius 3 is 2.61 bits per heavy atom. The Balaban J connectivity index is 1.27. The number of rotatable bonds is 8. The molecule has 1 fully saturated rings. The average Bonchev–Trinajstić information content (AvgIpc) is 3.44. The molecule has 5 rings (SSSR count). The van der Waals surface area contributed by atoms with Gasteiger partial charge in [-0.1, -0.05) is 23.7 Å². The van der Waals surface area contributed by atoms with Crippen molar-refractivity contribution in [2.45, 2.75) is 12.7 Å². The lowest BCUT2D eigenvalue weighted by Gasteiger charge is -2.14. The highest BCUT2D eigenvalue weighted by Crippen LogP contribution is 2.35. The fourth-order valence-corrected chi connectivity index (χ4v) is 5.21.